The van der Waals surface area contributed by atoms with Gasteiger partial charge in [-0.1, -0.05) is 76.6 Å². The molecule has 0 radical (unpaired) electrons. The molecule has 2 heterocycles. The van der Waals surface area contributed by atoms with E-state index < -0.39 is 84.7 Å². The molecular formula is C67H93N7O16. The van der Waals surface area contributed by atoms with Crippen LogP contribution >= 0.6 is 0 Å². The Morgan fingerprint density at radius 1 is 0.900 bits per heavy atom. The molecule has 11 rings (SSSR count). The molecule has 9 aliphatic rings. The van der Waals surface area contributed by atoms with E-state index in [1.165, 1.54) is 54.1 Å². The number of nitrogens with one attached hydrogen (secondary N) is 4. The van der Waals surface area contributed by atoms with Gasteiger partial charge in [-0.3, -0.25) is 24.0 Å². The van der Waals surface area contributed by atoms with Crippen LogP contribution in [0.25, 0.3) is 0 Å². The molecule has 23 heteroatoms. The quantitative estimate of drug-likeness (QED) is 0.0587. The second-order valence-electron chi connectivity index (χ2n) is 28.0. The van der Waals surface area contributed by atoms with Gasteiger partial charge in [0, 0.05) is 75.0 Å². The fourth-order valence-corrected chi connectivity index (χ4v) is 16.7. The van der Waals surface area contributed by atoms with Gasteiger partial charge >= 0.3 is 12.2 Å². The monoisotopic (exact) mass is 1250 g/mol. The van der Waals surface area contributed by atoms with Crippen LogP contribution in [-0.4, -0.2) is 174 Å². The highest BCUT2D eigenvalue weighted by Gasteiger charge is 2.76. The number of amides is 5. The molecule has 2 aromatic rings. The first-order chi connectivity index (χ1) is 42.6. The zero-order valence-corrected chi connectivity index (χ0v) is 53.3. The van der Waals surface area contributed by atoms with Crippen molar-refractivity contribution in [2.24, 2.45) is 45.7 Å². The van der Waals surface area contributed by atoms with Crippen molar-refractivity contribution in [3.05, 3.63) is 83.0 Å². The topological polar surface area (TPSA) is 316 Å². The zero-order chi connectivity index (χ0) is 64.7. The van der Waals surface area contributed by atoms with E-state index in [1.807, 2.05) is 32.1 Å². The summed E-state index contributed by atoms with van der Waals surface area (Å²) in [7, 11) is 3.00. The van der Waals surface area contributed by atoms with Crippen molar-refractivity contribution >= 4 is 47.2 Å². The van der Waals surface area contributed by atoms with E-state index in [4.69, 9.17) is 34.2 Å². The number of Topliss-reactive ketones (excluding diaryl/α,β-unsaturated/α-hetero) is 1. The highest BCUT2D eigenvalue weighted by Crippen LogP contribution is 2.72. The highest BCUT2D eigenvalue weighted by molar-refractivity contribution is 6.01. The maximum absolute atomic E-state index is 15.3. The van der Waals surface area contributed by atoms with Gasteiger partial charge in [0.05, 0.1) is 18.4 Å². The Morgan fingerprint density at radius 2 is 1.60 bits per heavy atom. The molecule has 0 aromatic heterocycles. The largest absolute Gasteiger partial charge is 0.460 e. The number of hydrogen-bond donors (Lipinski definition) is 8. The molecule has 14 atom stereocenters. The average molecular weight is 1250 g/mol. The molecule has 0 unspecified atom stereocenters. The highest BCUT2D eigenvalue weighted by atomic mass is 16.7. The number of fused-ring (bicyclic) bond motifs is 7. The number of ketones is 2. The number of carbonyl (C=O) groups is 7. The maximum atomic E-state index is 15.3. The van der Waals surface area contributed by atoms with E-state index in [0.29, 0.717) is 37.3 Å². The lowest BCUT2D eigenvalue weighted by Gasteiger charge is -2.69. The van der Waals surface area contributed by atoms with Gasteiger partial charge in [-0.15, -0.1) is 0 Å². The van der Waals surface area contributed by atoms with E-state index in [0.717, 1.165) is 57.1 Å². The predicted molar refractivity (Wildman–Crippen MR) is 329 cm³/mol. The first-order valence-corrected chi connectivity index (χ1v) is 32.1. The number of hydrogen-bond acceptors (Lipinski definition) is 18. The van der Waals surface area contributed by atoms with Gasteiger partial charge in [0.1, 0.15) is 36.7 Å². The minimum atomic E-state index is -1.66. The van der Waals surface area contributed by atoms with Gasteiger partial charge in [0.2, 0.25) is 29.8 Å². The van der Waals surface area contributed by atoms with Gasteiger partial charge in [-0.05, 0) is 142 Å². The summed E-state index contributed by atoms with van der Waals surface area (Å²) in [6.45, 7) is 11.5. The molecule has 8 fully saturated rings. The molecule has 7 aliphatic carbocycles. The molecule has 23 nitrogen and oxygen atoms in total. The van der Waals surface area contributed by atoms with E-state index in [1.54, 1.807) is 12.1 Å². The number of anilines is 1. The number of ether oxygens (including phenoxy) is 6. The first-order valence-electron chi connectivity index (χ1n) is 32.1. The Hall–Kier alpha value is -6.31. The van der Waals surface area contributed by atoms with E-state index in [9.17, 15) is 44.1 Å². The van der Waals surface area contributed by atoms with Crippen LogP contribution in [0.15, 0.2) is 66.3 Å². The molecule has 492 valence electrons. The van der Waals surface area contributed by atoms with Crippen LogP contribution in [0, 0.1) is 39.9 Å². The van der Waals surface area contributed by atoms with E-state index in [-0.39, 0.29) is 108 Å². The fourth-order valence-electron chi connectivity index (χ4n) is 16.7. The summed E-state index contributed by atoms with van der Waals surface area (Å²) in [4.78, 5) is 96.2. The Labute approximate surface area is 526 Å². The third-order valence-corrected chi connectivity index (χ3v) is 20.9. The lowest BCUT2D eigenvalue weighted by Crippen LogP contribution is -2.72. The van der Waals surface area contributed by atoms with Gasteiger partial charge in [-0.2, -0.15) is 0 Å². The lowest BCUT2D eigenvalue weighted by atomic mass is 9.38. The van der Waals surface area contributed by atoms with Crippen molar-refractivity contribution < 1.29 is 77.3 Å². The van der Waals surface area contributed by atoms with Crippen LogP contribution in [0.1, 0.15) is 135 Å². The summed E-state index contributed by atoms with van der Waals surface area (Å²) >= 11 is 0. The Balaban J connectivity index is 0.750. The minimum absolute atomic E-state index is 0.00143. The van der Waals surface area contributed by atoms with Crippen LogP contribution in [-0.2, 0) is 60.7 Å². The second kappa shape index (κ2) is 26.7. The smallest absolute Gasteiger partial charge is 0.409 e. The SMILES string of the molecule is CC(=O)N[C@@H](CCCCNC(C)C)C(=O)NCCC(=O)Nc1cc(COC(=O)N(C)CCN(C)C(=O)OCC(=O)[C@@]23O[C@H](c4ccc(CC56CC(N)(C5)C6)cc4)O[C@@H]2C[C@H]2[C@@H]4CCC5=CC(=O)C=C[C@]5(C)[C@H]4[C@@H](C)C[C@@]23C)ccc1O[C@@H]1OC[C@@H](O)[C@H](O)[C@H]1O. The average Bonchev–Trinajstić information content (AvgIpc) is 1.35. The lowest BCUT2D eigenvalue weighted by molar-refractivity contribution is -0.241. The van der Waals surface area contributed by atoms with Crippen molar-refractivity contribution in [3.8, 4) is 5.75 Å². The van der Waals surface area contributed by atoms with Crippen LogP contribution in [0.5, 0.6) is 5.75 Å². The normalized spacial score (nSPS) is 33.7. The molecule has 2 aliphatic heterocycles. The van der Waals surface area contributed by atoms with Gasteiger partial charge in [0.25, 0.3) is 0 Å². The number of benzene rings is 2. The molecule has 2 aromatic carbocycles. The molecule has 5 amide bonds. The number of unbranched alkanes of at least 4 members (excludes halogenated alkanes) is 1. The van der Waals surface area contributed by atoms with Crippen molar-refractivity contribution in [1.29, 1.82) is 0 Å². The third kappa shape index (κ3) is 13.6. The Bertz CT molecular complexity index is 3080. The number of aliphatic hydroxyl groups is 3. The van der Waals surface area contributed by atoms with E-state index >= 15 is 4.79 Å². The maximum Gasteiger partial charge on any atom is 0.409 e. The molecule has 0 spiro atoms. The van der Waals surface area contributed by atoms with Gasteiger partial charge in [-0.25, -0.2) is 9.59 Å². The zero-order valence-electron chi connectivity index (χ0n) is 53.3. The molecule has 2 saturated heterocycles. The number of allylic oxidation sites excluding steroid dienone is 4. The number of likely N-dealkylation sites (N-methyl/N-ethyl adjacent to an activating group) is 2. The molecule has 2 bridgehead atoms. The van der Waals surface area contributed by atoms with Crippen LogP contribution in [0.3, 0.4) is 0 Å². The molecular weight excluding hydrogens is 1160 g/mol. The van der Waals surface area contributed by atoms with Crippen molar-refractivity contribution in [2.75, 3.05) is 58.8 Å². The van der Waals surface area contributed by atoms with Crippen molar-refractivity contribution in [1.82, 2.24) is 25.8 Å². The summed E-state index contributed by atoms with van der Waals surface area (Å²) in [5, 5.41) is 42.4. The number of carbonyl (C=O) groups excluding carboxylic acids is 7. The van der Waals surface area contributed by atoms with E-state index in [2.05, 4.69) is 60.2 Å². The summed E-state index contributed by atoms with van der Waals surface area (Å²) in [5.74, 6) is -1.09. The van der Waals surface area contributed by atoms with Crippen LogP contribution < -0.4 is 31.7 Å². The summed E-state index contributed by atoms with van der Waals surface area (Å²) in [5.41, 5.74) is 7.91. The Kier molecular flexibility index (Phi) is 19.8. The van der Waals surface area contributed by atoms with Gasteiger partial charge < -0.3 is 80.5 Å². The number of rotatable bonds is 25. The molecule has 6 saturated carbocycles. The van der Waals surface area contributed by atoms with Crippen molar-refractivity contribution in [2.45, 2.75) is 185 Å². The van der Waals surface area contributed by atoms with Crippen LogP contribution in [0.2, 0.25) is 0 Å². The fraction of sp³-hybridized carbons (Fsp3) is 0.657. The third-order valence-electron chi connectivity index (χ3n) is 20.9. The summed E-state index contributed by atoms with van der Waals surface area (Å²) in [6.07, 6.45) is 5.27. The van der Waals surface area contributed by atoms with Crippen molar-refractivity contribution in [3.63, 3.8) is 0 Å². The van der Waals surface area contributed by atoms with Crippen LogP contribution in [0.4, 0.5) is 15.3 Å². The molecule has 90 heavy (non-hydrogen) atoms. The minimum Gasteiger partial charge on any atom is -0.460 e. The molecule has 9 N–H and O–H groups in total. The number of nitrogens with zero attached hydrogens (tertiary/aromatic N) is 2. The number of nitrogens with two attached hydrogens (primary N) is 1. The number of aliphatic hydroxyl groups excluding tert-OH is 3. The second-order valence-corrected chi connectivity index (χ2v) is 28.0. The predicted octanol–water partition coefficient (Wildman–Crippen LogP) is 5.27. The summed E-state index contributed by atoms with van der Waals surface area (Å²) in [6, 6.07) is 12.3. The standard InChI is InChI=1S/C67H93N7O16/c1-38(2)69-23-10-9-11-48(71-40(4)75)58(82)70-24-21-54(79)72-49-27-42(14-19-51(49)88-60-57(81)56(80)50(77)33-85-60)32-86-61(83)73(7)25-26-74(8)62(84)87-34-52(78)67-53(89-59(90-67)43-15-12-41(13-16-43)31-65-35-66(68,36-65)37-65)29-47-46-18-17-44-28-45(76)20-22-63(44,5)55(46)39(3)30-64(47,67)6/h12-16,19-20,22,27-28,38-39,46-48,50,53,55-57,59-60,69,77,80-81H,9-11,17-18,21,23-26,29-37,68H2,1-8H3,(H,70,82)(H,71,75)(H,72,79)/t39-,46-,47-,48-,50+,53+,55-,56-,57+,59+,60-,63-,64-,65?,66?,67+/m0/s1. The Morgan fingerprint density at radius 3 is 2.29 bits per heavy atom. The summed E-state index contributed by atoms with van der Waals surface area (Å²) < 4.78 is 36.9. The van der Waals surface area contributed by atoms with Gasteiger partial charge in [0.15, 0.2) is 24.3 Å². The first kappa shape index (κ1) is 66.6.